The second-order valence-corrected chi connectivity index (χ2v) is 6.61. The molecule has 0 amide bonds. The molecule has 9 heteroatoms. The zero-order valence-electron chi connectivity index (χ0n) is 9.85. The Morgan fingerprint density at radius 2 is 2.15 bits per heavy atom. The van der Waals surface area contributed by atoms with Crippen molar-refractivity contribution < 1.29 is 0 Å². The first-order valence-corrected chi connectivity index (χ1v) is 8.07. The van der Waals surface area contributed by atoms with Crippen LogP contribution in [0.25, 0.3) is 10.9 Å². The second kappa shape index (κ2) is 5.66. The molecule has 0 saturated heterocycles. The SMILES string of the molecule is O=c1[nH]c(CSc2ncn[nH]2)nc2c(Br)cc(Br)cc12. The van der Waals surface area contributed by atoms with E-state index in [4.69, 9.17) is 0 Å². The van der Waals surface area contributed by atoms with Crippen molar-refractivity contribution >= 4 is 54.5 Å². The molecule has 0 spiro atoms. The molecule has 0 unspecified atom stereocenters. The van der Waals surface area contributed by atoms with Gasteiger partial charge in [-0.25, -0.2) is 9.97 Å². The van der Waals surface area contributed by atoms with E-state index < -0.39 is 0 Å². The van der Waals surface area contributed by atoms with Gasteiger partial charge in [0.25, 0.3) is 5.56 Å². The monoisotopic (exact) mass is 415 g/mol. The molecule has 0 radical (unpaired) electrons. The number of aromatic nitrogens is 5. The van der Waals surface area contributed by atoms with Gasteiger partial charge in [0, 0.05) is 8.95 Å². The summed E-state index contributed by atoms with van der Waals surface area (Å²) in [6.07, 6.45) is 1.44. The maximum Gasteiger partial charge on any atom is 0.258 e. The van der Waals surface area contributed by atoms with Crippen LogP contribution in [0, 0.1) is 0 Å². The summed E-state index contributed by atoms with van der Waals surface area (Å²) in [5, 5.41) is 7.73. The van der Waals surface area contributed by atoms with E-state index in [0.717, 1.165) is 8.95 Å². The highest BCUT2D eigenvalue weighted by molar-refractivity contribution is 9.11. The van der Waals surface area contributed by atoms with Gasteiger partial charge in [0.1, 0.15) is 12.2 Å². The Labute approximate surface area is 134 Å². The molecule has 3 aromatic rings. The van der Waals surface area contributed by atoms with Crippen LogP contribution in [0.2, 0.25) is 0 Å². The van der Waals surface area contributed by atoms with Crippen LogP contribution in [-0.2, 0) is 5.75 Å². The third-order valence-corrected chi connectivity index (χ3v) is 4.47. The Kier molecular flexibility index (Phi) is 3.90. The van der Waals surface area contributed by atoms with E-state index in [1.54, 1.807) is 6.07 Å². The van der Waals surface area contributed by atoms with E-state index in [1.165, 1.54) is 18.1 Å². The van der Waals surface area contributed by atoms with E-state index in [-0.39, 0.29) is 5.56 Å². The predicted molar refractivity (Wildman–Crippen MR) is 83.7 cm³/mol. The van der Waals surface area contributed by atoms with Crippen LogP contribution < -0.4 is 5.56 Å². The Bertz CT molecular complexity index is 818. The normalized spacial score (nSPS) is 11.1. The molecule has 0 aliphatic heterocycles. The molecular formula is C11H7Br2N5OS. The lowest BCUT2D eigenvalue weighted by Crippen LogP contribution is -2.11. The number of H-pyrrole nitrogens is 2. The van der Waals surface area contributed by atoms with Crippen LogP contribution in [-0.4, -0.2) is 25.1 Å². The average molecular weight is 417 g/mol. The van der Waals surface area contributed by atoms with E-state index in [0.29, 0.717) is 27.6 Å². The van der Waals surface area contributed by atoms with Gasteiger partial charge in [-0.3, -0.25) is 9.89 Å². The van der Waals surface area contributed by atoms with Crippen LogP contribution in [0.1, 0.15) is 5.82 Å². The van der Waals surface area contributed by atoms with Gasteiger partial charge in [0.2, 0.25) is 0 Å². The molecule has 0 aliphatic rings. The van der Waals surface area contributed by atoms with Gasteiger partial charge in [0.05, 0.1) is 16.7 Å². The summed E-state index contributed by atoms with van der Waals surface area (Å²) in [6.45, 7) is 0. The van der Waals surface area contributed by atoms with E-state index in [9.17, 15) is 4.79 Å². The van der Waals surface area contributed by atoms with Crippen LogP contribution in [0.5, 0.6) is 0 Å². The molecule has 2 N–H and O–H groups in total. The Morgan fingerprint density at radius 1 is 1.30 bits per heavy atom. The molecule has 2 heterocycles. The molecule has 1 aromatic carbocycles. The lowest BCUT2D eigenvalue weighted by molar-refractivity contribution is 0.965. The van der Waals surface area contributed by atoms with Crippen molar-refractivity contribution in [1.82, 2.24) is 25.1 Å². The first kappa shape index (κ1) is 13.8. The number of rotatable bonds is 3. The Morgan fingerprint density at radius 3 is 2.90 bits per heavy atom. The van der Waals surface area contributed by atoms with Crippen molar-refractivity contribution in [2.24, 2.45) is 0 Å². The van der Waals surface area contributed by atoms with Crippen molar-refractivity contribution in [3.63, 3.8) is 0 Å². The molecule has 0 bridgehead atoms. The molecule has 0 atom stereocenters. The fourth-order valence-corrected chi connectivity index (χ4v) is 3.65. The minimum absolute atomic E-state index is 0.162. The lowest BCUT2D eigenvalue weighted by atomic mass is 10.2. The van der Waals surface area contributed by atoms with Crippen LogP contribution in [0.4, 0.5) is 0 Å². The van der Waals surface area contributed by atoms with Crippen molar-refractivity contribution in [2.45, 2.75) is 10.9 Å². The maximum absolute atomic E-state index is 12.1. The summed E-state index contributed by atoms with van der Waals surface area (Å²) in [4.78, 5) is 23.3. The smallest absolute Gasteiger partial charge is 0.258 e. The van der Waals surface area contributed by atoms with Gasteiger partial charge in [-0.1, -0.05) is 27.7 Å². The summed E-state index contributed by atoms with van der Waals surface area (Å²) in [7, 11) is 0. The van der Waals surface area contributed by atoms with Gasteiger partial charge in [-0.2, -0.15) is 5.10 Å². The summed E-state index contributed by atoms with van der Waals surface area (Å²) >= 11 is 8.20. The standard InChI is InChI=1S/C11H7Br2N5OS/c12-5-1-6-9(7(13)2-5)16-8(17-10(6)19)3-20-11-14-4-15-18-11/h1-2,4H,3H2,(H,14,15,18)(H,16,17,19). The number of nitrogens with zero attached hydrogens (tertiary/aromatic N) is 3. The molecule has 3 rings (SSSR count). The van der Waals surface area contributed by atoms with Gasteiger partial charge in [-0.15, -0.1) is 0 Å². The molecule has 6 nitrogen and oxygen atoms in total. The zero-order valence-corrected chi connectivity index (χ0v) is 13.8. The van der Waals surface area contributed by atoms with Gasteiger partial charge in [-0.05, 0) is 28.1 Å². The largest absolute Gasteiger partial charge is 0.309 e. The fourth-order valence-electron chi connectivity index (χ4n) is 1.68. The molecular weight excluding hydrogens is 410 g/mol. The molecule has 2 aromatic heterocycles. The molecule has 0 saturated carbocycles. The second-order valence-electron chi connectivity index (χ2n) is 3.88. The number of halogens is 2. The van der Waals surface area contributed by atoms with E-state index in [1.807, 2.05) is 6.07 Å². The predicted octanol–water partition coefficient (Wildman–Crippen LogP) is 2.86. The van der Waals surface area contributed by atoms with Crippen molar-refractivity contribution in [2.75, 3.05) is 0 Å². The maximum atomic E-state index is 12.1. The zero-order chi connectivity index (χ0) is 14.1. The third-order valence-electron chi connectivity index (χ3n) is 2.52. The van der Waals surface area contributed by atoms with Crippen molar-refractivity contribution in [3.8, 4) is 0 Å². The Balaban J connectivity index is 1.99. The highest BCUT2D eigenvalue weighted by Crippen LogP contribution is 2.25. The first-order chi connectivity index (χ1) is 9.63. The average Bonchev–Trinajstić information content (AvgIpc) is 2.91. The van der Waals surface area contributed by atoms with Crippen molar-refractivity contribution in [1.29, 1.82) is 0 Å². The number of aromatic amines is 2. The molecule has 0 fully saturated rings. The summed E-state index contributed by atoms with van der Waals surface area (Å²) in [5.74, 6) is 1.09. The van der Waals surface area contributed by atoms with Crippen LogP contribution >= 0.6 is 43.6 Å². The topological polar surface area (TPSA) is 87.3 Å². The van der Waals surface area contributed by atoms with Gasteiger partial charge in [0.15, 0.2) is 5.16 Å². The third kappa shape index (κ3) is 2.79. The number of benzene rings is 1. The quantitative estimate of drug-likeness (QED) is 0.641. The minimum Gasteiger partial charge on any atom is -0.309 e. The lowest BCUT2D eigenvalue weighted by Gasteiger charge is -2.04. The summed E-state index contributed by atoms with van der Waals surface area (Å²) in [5.41, 5.74) is 0.482. The number of fused-ring (bicyclic) bond motifs is 1. The number of thioether (sulfide) groups is 1. The highest BCUT2D eigenvalue weighted by Gasteiger charge is 2.09. The molecule has 102 valence electrons. The van der Waals surface area contributed by atoms with Gasteiger partial charge < -0.3 is 4.98 Å². The molecule has 0 aliphatic carbocycles. The molecule has 20 heavy (non-hydrogen) atoms. The van der Waals surface area contributed by atoms with E-state index in [2.05, 4.69) is 57.0 Å². The van der Waals surface area contributed by atoms with Gasteiger partial charge >= 0.3 is 0 Å². The number of nitrogens with one attached hydrogen (secondary N) is 2. The fraction of sp³-hybridized carbons (Fsp3) is 0.0909. The number of hydrogen-bond acceptors (Lipinski definition) is 5. The van der Waals surface area contributed by atoms with Crippen LogP contribution in [0.15, 0.2) is 37.4 Å². The Hall–Kier alpha value is -1.19. The van der Waals surface area contributed by atoms with Crippen LogP contribution in [0.3, 0.4) is 0 Å². The summed E-state index contributed by atoms with van der Waals surface area (Å²) in [6, 6.07) is 3.61. The number of hydrogen-bond donors (Lipinski definition) is 2. The highest BCUT2D eigenvalue weighted by atomic mass is 79.9. The first-order valence-electron chi connectivity index (χ1n) is 5.49. The minimum atomic E-state index is -0.162. The van der Waals surface area contributed by atoms with E-state index >= 15 is 0 Å². The van der Waals surface area contributed by atoms with Crippen molar-refractivity contribution in [3.05, 3.63) is 43.6 Å². The summed E-state index contributed by atoms with van der Waals surface area (Å²) < 4.78 is 1.60.